The van der Waals surface area contributed by atoms with E-state index in [0.717, 1.165) is 16.1 Å². The lowest BCUT2D eigenvalue weighted by molar-refractivity contribution is -0.143. The van der Waals surface area contributed by atoms with Gasteiger partial charge in [-0.2, -0.15) is 0 Å². The van der Waals surface area contributed by atoms with Gasteiger partial charge in [0.15, 0.2) is 13.1 Å². The largest absolute Gasteiger partial charge is 0.480 e. The van der Waals surface area contributed by atoms with E-state index in [9.17, 15) is 19.1 Å². The van der Waals surface area contributed by atoms with Crippen LogP contribution in [0.4, 0.5) is 4.39 Å². The van der Waals surface area contributed by atoms with Crippen LogP contribution < -0.4 is 4.74 Å². The Bertz CT molecular complexity index is 797. The molecule has 0 fully saturated rings. The summed E-state index contributed by atoms with van der Waals surface area (Å²) in [5.74, 6) is -1.52. The molecule has 0 bridgehead atoms. The first-order valence-corrected chi connectivity index (χ1v) is 9.06. The van der Waals surface area contributed by atoms with Crippen LogP contribution >= 0.6 is 27.3 Å². The Morgan fingerprint density at radius 2 is 2.19 bits per heavy atom. The number of carboxylic acid groups (broad SMARTS) is 1. The Kier molecular flexibility index (Phi) is 7.27. The third-order valence-electron chi connectivity index (χ3n) is 3.61. The third-order valence-corrected chi connectivity index (χ3v) is 5.24. The molecule has 0 spiro atoms. The van der Waals surface area contributed by atoms with Crippen LogP contribution in [0.3, 0.4) is 0 Å². The molecular weight excluding hydrogens is 429 g/mol. The molecule has 1 heterocycles. The van der Waals surface area contributed by atoms with Crippen molar-refractivity contribution in [1.29, 1.82) is 0 Å². The van der Waals surface area contributed by atoms with Crippen LogP contribution in [0, 0.1) is 5.82 Å². The molecule has 1 aromatic heterocycles. The maximum absolute atomic E-state index is 13.8. The van der Waals surface area contributed by atoms with Gasteiger partial charge in [0.25, 0.3) is 0 Å². The number of thiophene rings is 1. The van der Waals surface area contributed by atoms with Crippen LogP contribution in [-0.4, -0.2) is 43.2 Å². The molecule has 9 heteroatoms. The Labute approximate surface area is 162 Å². The number of aldehydes is 1. The predicted octanol–water partition coefficient (Wildman–Crippen LogP) is 3.70. The second-order valence-corrected chi connectivity index (χ2v) is 7.95. The quantitative estimate of drug-likeness (QED) is 0.468. The van der Waals surface area contributed by atoms with Crippen molar-refractivity contribution in [2.24, 2.45) is 0 Å². The lowest BCUT2D eigenvalue weighted by atomic mass is 10.0. The van der Waals surface area contributed by atoms with Gasteiger partial charge in [0.1, 0.15) is 17.6 Å². The summed E-state index contributed by atoms with van der Waals surface area (Å²) < 4.78 is 24.7. The maximum Gasteiger partial charge on any atom is 0.325 e. The van der Waals surface area contributed by atoms with E-state index in [2.05, 4.69) is 15.9 Å². The van der Waals surface area contributed by atoms with E-state index >= 15 is 0 Å². The number of halogens is 2. The van der Waals surface area contributed by atoms with E-state index in [1.54, 1.807) is 13.1 Å². The van der Waals surface area contributed by atoms with Gasteiger partial charge in [0.2, 0.25) is 0 Å². The molecule has 0 saturated heterocycles. The second-order valence-electron chi connectivity index (χ2n) is 5.44. The predicted molar refractivity (Wildman–Crippen MR) is 98.2 cm³/mol. The average Bonchev–Trinajstić information content (AvgIpc) is 2.93. The minimum atomic E-state index is -1.17. The van der Waals surface area contributed by atoms with E-state index in [-0.39, 0.29) is 24.7 Å². The number of methoxy groups -OCH3 is 1. The summed E-state index contributed by atoms with van der Waals surface area (Å²) in [4.78, 5) is 25.3. The molecule has 2 rings (SSSR count). The van der Waals surface area contributed by atoms with Crippen molar-refractivity contribution >= 4 is 39.5 Å². The summed E-state index contributed by atoms with van der Waals surface area (Å²) in [7, 11) is 3.02. The van der Waals surface area contributed by atoms with Gasteiger partial charge < -0.3 is 14.6 Å². The molecule has 1 N–H and O–H groups in total. The number of rotatable bonds is 9. The second kappa shape index (κ2) is 9.22. The zero-order valence-corrected chi connectivity index (χ0v) is 16.5. The highest BCUT2D eigenvalue weighted by Crippen LogP contribution is 2.33. The summed E-state index contributed by atoms with van der Waals surface area (Å²) >= 11 is 4.65. The van der Waals surface area contributed by atoms with Crippen molar-refractivity contribution in [2.75, 3.05) is 21.0 Å². The maximum atomic E-state index is 13.8. The van der Waals surface area contributed by atoms with Gasteiger partial charge in [-0.1, -0.05) is 0 Å². The van der Waals surface area contributed by atoms with Gasteiger partial charge in [-0.3, -0.25) is 14.5 Å². The molecule has 26 heavy (non-hydrogen) atoms. The van der Waals surface area contributed by atoms with Gasteiger partial charge in [0, 0.05) is 29.7 Å². The molecule has 1 unspecified atom stereocenters. The Morgan fingerprint density at radius 1 is 1.46 bits per heavy atom. The zero-order valence-electron chi connectivity index (χ0n) is 14.1. The minimum Gasteiger partial charge on any atom is -0.480 e. The SMILES string of the molecule is COCOc1ccc(F)cc1C(C(=O)O)N(C)Cc1sc(Br)cc1C=O. The summed E-state index contributed by atoms with van der Waals surface area (Å²) in [6, 6.07) is 4.19. The molecular formula is C17H17BrFNO5S. The van der Waals surface area contributed by atoms with E-state index < -0.39 is 17.8 Å². The number of benzene rings is 1. The highest BCUT2D eigenvalue weighted by molar-refractivity contribution is 9.11. The van der Waals surface area contributed by atoms with Crippen molar-refractivity contribution in [2.45, 2.75) is 12.6 Å². The zero-order chi connectivity index (χ0) is 19.3. The molecule has 1 atom stereocenters. The number of carboxylic acids is 1. The number of hydrogen-bond acceptors (Lipinski definition) is 6. The Morgan fingerprint density at radius 3 is 2.81 bits per heavy atom. The lowest BCUT2D eigenvalue weighted by Crippen LogP contribution is -2.31. The standard InChI is InChI=1S/C17H17BrFNO5S/c1-20(7-14-10(8-21)5-15(18)26-14)16(17(22)23)12-6-11(19)3-4-13(12)25-9-24-2/h3-6,8,16H,7,9H2,1-2H3,(H,22,23). The summed E-state index contributed by atoms with van der Waals surface area (Å²) in [5, 5.41) is 9.72. The molecule has 0 amide bonds. The average molecular weight is 446 g/mol. The molecule has 0 aliphatic rings. The first kappa shape index (κ1) is 20.5. The van der Waals surface area contributed by atoms with Crippen LogP contribution in [0.5, 0.6) is 5.75 Å². The first-order chi connectivity index (χ1) is 12.4. The van der Waals surface area contributed by atoms with Gasteiger partial charge in [-0.25, -0.2) is 4.39 Å². The van der Waals surface area contributed by atoms with Crippen molar-refractivity contribution in [1.82, 2.24) is 4.90 Å². The molecule has 0 radical (unpaired) electrons. The molecule has 0 saturated carbocycles. The van der Waals surface area contributed by atoms with Crippen LogP contribution in [0.1, 0.15) is 26.8 Å². The summed E-state index contributed by atoms with van der Waals surface area (Å²) in [5.41, 5.74) is 0.647. The van der Waals surface area contributed by atoms with Crippen molar-refractivity contribution in [3.8, 4) is 5.75 Å². The van der Waals surface area contributed by atoms with Crippen molar-refractivity contribution in [3.63, 3.8) is 0 Å². The number of aliphatic carboxylic acids is 1. The summed E-state index contributed by atoms with van der Waals surface area (Å²) in [6.07, 6.45) is 0.718. The topological polar surface area (TPSA) is 76.1 Å². The third kappa shape index (κ3) is 4.88. The molecule has 140 valence electrons. The van der Waals surface area contributed by atoms with Gasteiger partial charge in [0.05, 0.1) is 3.79 Å². The smallest absolute Gasteiger partial charge is 0.325 e. The van der Waals surface area contributed by atoms with Gasteiger partial charge in [-0.05, 0) is 47.2 Å². The number of likely N-dealkylation sites (N-methyl/N-ethyl adjacent to an activating group) is 1. The number of carbonyl (C=O) groups is 2. The number of carbonyl (C=O) groups excluding carboxylic acids is 1. The van der Waals surface area contributed by atoms with Crippen LogP contribution in [0.25, 0.3) is 0 Å². The van der Waals surface area contributed by atoms with Crippen molar-refractivity contribution in [3.05, 3.63) is 49.9 Å². The molecule has 0 aliphatic carbocycles. The van der Waals surface area contributed by atoms with Gasteiger partial charge in [-0.15, -0.1) is 11.3 Å². The fourth-order valence-electron chi connectivity index (χ4n) is 2.50. The molecule has 0 aliphatic heterocycles. The lowest BCUT2D eigenvalue weighted by Gasteiger charge is -2.26. The summed E-state index contributed by atoms with van der Waals surface area (Å²) in [6.45, 7) is 0.101. The number of nitrogens with zero attached hydrogens (tertiary/aromatic N) is 1. The minimum absolute atomic E-state index is 0.0954. The van der Waals surface area contributed by atoms with E-state index in [4.69, 9.17) is 9.47 Å². The van der Waals surface area contributed by atoms with Gasteiger partial charge >= 0.3 is 5.97 Å². The Balaban J connectivity index is 2.37. The first-order valence-electron chi connectivity index (χ1n) is 7.45. The van der Waals surface area contributed by atoms with E-state index in [1.165, 1.54) is 35.5 Å². The van der Waals surface area contributed by atoms with Crippen molar-refractivity contribution < 1.29 is 28.6 Å². The number of ether oxygens (including phenoxy) is 2. The van der Waals surface area contributed by atoms with E-state index in [1.807, 2.05) is 0 Å². The Hall–Kier alpha value is -1.81. The fraction of sp³-hybridized carbons (Fsp3) is 0.294. The highest BCUT2D eigenvalue weighted by atomic mass is 79.9. The molecule has 2 aromatic rings. The molecule has 1 aromatic carbocycles. The monoisotopic (exact) mass is 445 g/mol. The van der Waals surface area contributed by atoms with Crippen LogP contribution in [0.2, 0.25) is 0 Å². The fourth-order valence-corrected chi connectivity index (χ4v) is 4.24. The number of hydrogen-bond donors (Lipinski definition) is 1. The highest BCUT2D eigenvalue weighted by Gasteiger charge is 2.29. The normalized spacial score (nSPS) is 12.2. The molecule has 6 nitrogen and oxygen atoms in total. The van der Waals surface area contributed by atoms with E-state index in [0.29, 0.717) is 10.4 Å². The van der Waals surface area contributed by atoms with Crippen LogP contribution in [0.15, 0.2) is 28.1 Å². The van der Waals surface area contributed by atoms with Crippen LogP contribution in [-0.2, 0) is 16.1 Å².